The van der Waals surface area contributed by atoms with Gasteiger partial charge in [-0.15, -0.1) is 5.60 Å². The summed E-state index contributed by atoms with van der Waals surface area (Å²) >= 11 is 3.43. The maximum Gasteiger partial charge on any atom is 1.00 e. The molecule has 0 amide bonds. The monoisotopic (exact) mass is 1100 g/mol. The molecule has 0 spiro atoms. The Balaban J connectivity index is 0.000000875. The first-order valence-electron chi connectivity index (χ1n) is 25.0. The first-order valence-corrected chi connectivity index (χ1v) is 26.1. The van der Waals surface area contributed by atoms with Crippen LogP contribution >= 0.6 is 15.9 Å². The Morgan fingerprint density at radius 2 is 1.03 bits per heavy atom. The average molecular weight is 1100 g/mol. The Hall–Kier alpha value is -3.64. The van der Waals surface area contributed by atoms with Crippen LogP contribution in [0.2, 0.25) is 0 Å². The minimum Gasteiger partial charge on any atom is -0.850 e. The van der Waals surface area contributed by atoms with Gasteiger partial charge >= 0.3 is 51.4 Å². The van der Waals surface area contributed by atoms with Gasteiger partial charge < -0.3 is 40.4 Å². The van der Waals surface area contributed by atoms with Crippen molar-refractivity contribution in [3.63, 3.8) is 0 Å². The minimum atomic E-state index is -0.750. The van der Waals surface area contributed by atoms with Crippen molar-refractivity contribution >= 4 is 28.5 Å². The van der Waals surface area contributed by atoms with Crippen LogP contribution in [-0.4, -0.2) is 65.2 Å². The van der Waals surface area contributed by atoms with Crippen LogP contribution < -0.4 is 76.4 Å². The maximum atomic E-state index is 10.5. The summed E-state index contributed by atoms with van der Waals surface area (Å²) in [6.45, 7) is 9.18. The number of carbonyl (C=O) groups is 2. The zero-order valence-electron chi connectivity index (χ0n) is 43.4. The van der Waals surface area contributed by atoms with E-state index in [0.717, 1.165) is 72.2 Å². The molecule has 396 valence electrons. The van der Waals surface area contributed by atoms with Gasteiger partial charge in [0.1, 0.15) is 35.6 Å². The number of alkyl halides is 1. The Morgan fingerprint density at radius 1 is 0.671 bits per heavy atom. The van der Waals surface area contributed by atoms with E-state index in [1.165, 1.54) is 101 Å². The van der Waals surface area contributed by atoms with E-state index in [4.69, 9.17) is 35.6 Å². The zero-order valence-corrected chi connectivity index (χ0v) is 48.1. The molecule has 0 aliphatic heterocycles. The maximum absolute atomic E-state index is 10.5. The number of nitrogens with two attached hydrogens (primary N) is 1. The van der Waals surface area contributed by atoms with Crippen molar-refractivity contribution in [2.75, 3.05) is 31.7 Å². The van der Waals surface area contributed by atoms with Crippen LogP contribution in [0.3, 0.4) is 0 Å². The van der Waals surface area contributed by atoms with Crippen LogP contribution in [-0.2, 0) is 0 Å². The molecule has 0 radical (unpaired) electrons. The third-order valence-corrected chi connectivity index (χ3v) is 12.7. The van der Waals surface area contributed by atoms with Crippen molar-refractivity contribution in [2.24, 2.45) is 29.4 Å². The predicted molar refractivity (Wildman–Crippen MR) is 289 cm³/mol. The van der Waals surface area contributed by atoms with Crippen molar-refractivity contribution in [3.8, 4) is 35.1 Å². The van der Waals surface area contributed by atoms with Crippen molar-refractivity contribution in [1.82, 2.24) is 0 Å². The number of hydrogen-bond donors (Lipinski definition) is 4. The standard InChI is InChI=1S/C14H21NO2.C14H17NO2.C12H14O2.C7H6O2.C5H9Br.C4H9O.C2H3N.CH4.K/c2*15-8-7-14(16)12-5-2-6-13(9-12)17-10-11-3-1-4-11;13-8-11-5-2-6-12(7-11)14-9-10-3-1-4-10;8-5-6-2-1-3-7(9)4-6;6-4-5-2-1-3-5;1-4(2,3)5;1-2-3;;/h2,5-6,9,11,14,16H,1,3-4,7-8,10,15H2;2,5-6,9,11,14,16H,1,3-4,7,10H2;2,5-8,10H,1,3-4,9H2;1-5,9H;5H,1-4H2;1-3H3;1H3;1H4;/q;;;;;-1;;;+1. The summed E-state index contributed by atoms with van der Waals surface area (Å²) in [6.07, 6.45) is 17.1. The number of halogens is 1. The van der Waals surface area contributed by atoms with Gasteiger partial charge in [0.15, 0.2) is 0 Å². The third-order valence-electron chi connectivity index (χ3n) is 11.8. The fraction of sp³-hybridized carbons (Fsp3) is 0.525. The summed E-state index contributed by atoms with van der Waals surface area (Å²) in [6, 6.07) is 32.3. The Kier molecular flexibility index (Phi) is 39.5. The molecule has 4 aliphatic rings. The molecule has 0 aromatic heterocycles. The number of nitrogens with zero attached hydrogens (tertiary/aromatic N) is 2. The number of aldehydes is 2. The molecule has 0 heterocycles. The van der Waals surface area contributed by atoms with Gasteiger partial charge in [0, 0.05) is 23.4 Å². The number of aliphatic hydroxyl groups excluding tert-OH is 2. The molecule has 4 aromatic rings. The third kappa shape index (κ3) is 33.1. The number of rotatable bonds is 17. The smallest absolute Gasteiger partial charge is 0.850 e. The first-order chi connectivity index (χ1) is 34.1. The number of phenols is 1. The number of phenolic OH excluding ortho intramolecular Hbond substituents is 1. The molecule has 4 saturated carbocycles. The molecular weight excluding hydrogens is 1010 g/mol. The molecule has 4 fully saturated rings. The second-order valence-corrected chi connectivity index (χ2v) is 19.8. The van der Waals surface area contributed by atoms with E-state index < -0.39 is 17.8 Å². The summed E-state index contributed by atoms with van der Waals surface area (Å²) in [7, 11) is 0. The molecule has 14 heteroatoms. The molecule has 73 heavy (non-hydrogen) atoms. The van der Waals surface area contributed by atoms with Crippen LogP contribution in [0.4, 0.5) is 0 Å². The number of aromatic hydroxyl groups is 1. The Labute approximate surface area is 488 Å². The van der Waals surface area contributed by atoms with Gasteiger partial charge in [0.25, 0.3) is 0 Å². The molecule has 4 aliphatic carbocycles. The van der Waals surface area contributed by atoms with Crippen molar-refractivity contribution in [3.05, 3.63) is 119 Å². The van der Waals surface area contributed by atoms with E-state index in [0.29, 0.717) is 36.3 Å². The van der Waals surface area contributed by atoms with Gasteiger partial charge in [0.05, 0.1) is 50.6 Å². The van der Waals surface area contributed by atoms with E-state index in [1.54, 1.807) is 51.1 Å². The molecule has 0 bridgehead atoms. The summed E-state index contributed by atoms with van der Waals surface area (Å²) in [5.74, 6) is 5.76. The second-order valence-electron chi connectivity index (χ2n) is 19.1. The fourth-order valence-corrected chi connectivity index (χ4v) is 7.34. The number of hydrogen-bond acceptors (Lipinski definition) is 12. The molecule has 4 aromatic carbocycles. The van der Waals surface area contributed by atoms with Crippen LogP contribution in [0, 0.1) is 46.3 Å². The Bertz CT molecular complexity index is 2140. The van der Waals surface area contributed by atoms with Gasteiger partial charge in [-0.3, -0.25) is 9.59 Å². The number of ether oxygens (including phenoxy) is 3. The normalized spacial score (nSPS) is 15.1. The topological polar surface area (TPSA) is 219 Å². The average Bonchev–Trinajstić information content (AvgIpc) is 3.28. The number of carbonyl (C=O) groups excluding carboxylic acids is 2. The summed E-state index contributed by atoms with van der Waals surface area (Å²) in [4.78, 5) is 20.6. The van der Waals surface area contributed by atoms with E-state index in [1.807, 2.05) is 66.7 Å². The van der Waals surface area contributed by atoms with E-state index >= 15 is 0 Å². The minimum absolute atomic E-state index is 0. The van der Waals surface area contributed by atoms with E-state index in [-0.39, 0.29) is 71.0 Å². The summed E-state index contributed by atoms with van der Waals surface area (Å²) in [5, 5.41) is 55.5. The molecule has 0 saturated heterocycles. The van der Waals surface area contributed by atoms with Crippen molar-refractivity contribution < 1.29 is 95.6 Å². The molecule has 12 nitrogen and oxygen atoms in total. The largest absolute Gasteiger partial charge is 1.00 e. The van der Waals surface area contributed by atoms with Gasteiger partial charge in [-0.25, -0.2) is 0 Å². The van der Waals surface area contributed by atoms with E-state index in [9.17, 15) is 24.9 Å². The number of aliphatic hydroxyl groups is 2. The SMILES string of the molecule is BrCC1CCC1.C.CC#N.CC(C)(C)[O-].N#CCC(O)c1cccc(OCC2CCC2)c1.NCCC(O)c1cccc(OCC2CCC2)c1.O=Cc1cccc(O)c1.O=Cc1cccc(OCC2CCC2)c1.[K+]. The van der Waals surface area contributed by atoms with Gasteiger partial charge in [-0.05, 0) is 148 Å². The predicted octanol–water partition coefficient (Wildman–Crippen LogP) is 9.44. The van der Waals surface area contributed by atoms with Gasteiger partial charge in [0.2, 0.25) is 0 Å². The molecule has 2 atom stereocenters. The zero-order chi connectivity index (χ0) is 52.3. The molecular formula is C59H83BrKN3O9. The summed E-state index contributed by atoms with van der Waals surface area (Å²) in [5.41, 5.74) is 7.50. The molecule has 8 rings (SSSR count). The van der Waals surface area contributed by atoms with Crippen molar-refractivity contribution in [2.45, 2.75) is 143 Å². The van der Waals surface area contributed by atoms with Gasteiger partial charge in [-0.1, -0.05) is 118 Å². The Morgan fingerprint density at radius 3 is 1.33 bits per heavy atom. The summed E-state index contributed by atoms with van der Waals surface area (Å²) < 4.78 is 17.0. The van der Waals surface area contributed by atoms with Gasteiger partial charge in [-0.2, -0.15) is 10.5 Å². The molecule has 2 unspecified atom stereocenters. The van der Waals surface area contributed by atoms with Crippen LogP contribution in [0.1, 0.15) is 169 Å². The molecule has 5 N–H and O–H groups in total. The second kappa shape index (κ2) is 41.6. The van der Waals surface area contributed by atoms with Crippen molar-refractivity contribution in [1.29, 1.82) is 10.5 Å². The van der Waals surface area contributed by atoms with Crippen LogP contribution in [0.5, 0.6) is 23.0 Å². The van der Waals surface area contributed by atoms with E-state index in [2.05, 4.69) is 15.9 Å². The number of benzene rings is 4. The quantitative estimate of drug-likeness (QED) is 0.0442. The fourth-order valence-electron chi connectivity index (χ4n) is 6.70. The number of nitriles is 2. The van der Waals surface area contributed by atoms with Crippen LogP contribution in [0.15, 0.2) is 97.1 Å². The first kappa shape index (κ1) is 69.4. The van der Waals surface area contributed by atoms with Crippen LogP contribution in [0.25, 0.3) is 0 Å².